The average molecular weight is 265 g/mol. The highest BCUT2D eigenvalue weighted by Crippen LogP contribution is 2.30. The van der Waals surface area contributed by atoms with Crippen LogP contribution in [0.5, 0.6) is 11.5 Å². The summed E-state index contributed by atoms with van der Waals surface area (Å²) in [5.41, 5.74) is 0.532. The first-order valence-corrected chi connectivity index (χ1v) is 5.89. The minimum Gasteiger partial charge on any atom is -0.488 e. The van der Waals surface area contributed by atoms with Crippen molar-refractivity contribution in [3.63, 3.8) is 0 Å². The SMILES string of the molecule is CC(=O)Nc1ccc(OC(C)=O)cc1OCC1CO1. The number of anilines is 1. The molecule has 19 heavy (non-hydrogen) atoms. The fourth-order valence-corrected chi connectivity index (χ4v) is 1.49. The van der Waals surface area contributed by atoms with E-state index in [1.807, 2.05) is 0 Å². The van der Waals surface area contributed by atoms with Crippen molar-refractivity contribution in [1.29, 1.82) is 0 Å². The molecule has 0 bridgehead atoms. The standard InChI is InChI=1S/C13H15NO5/c1-8(15)14-12-4-3-10(19-9(2)16)5-13(12)18-7-11-6-17-11/h3-5,11H,6-7H2,1-2H3,(H,14,15). The molecule has 0 aliphatic carbocycles. The number of rotatable bonds is 5. The van der Waals surface area contributed by atoms with E-state index in [0.717, 1.165) is 0 Å². The first-order chi connectivity index (χ1) is 9.04. The molecule has 2 rings (SSSR count). The molecule has 6 heteroatoms. The summed E-state index contributed by atoms with van der Waals surface area (Å²) >= 11 is 0. The van der Waals surface area contributed by atoms with Crippen LogP contribution in [0.4, 0.5) is 5.69 Å². The van der Waals surface area contributed by atoms with E-state index in [9.17, 15) is 9.59 Å². The third-order valence-electron chi connectivity index (χ3n) is 2.35. The summed E-state index contributed by atoms with van der Waals surface area (Å²) in [6, 6.07) is 4.78. The molecule has 1 unspecified atom stereocenters. The number of carbonyl (C=O) groups excluding carboxylic acids is 2. The van der Waals surface area contributed by atoms with Crippen LogP contribution in [-0.2, 0) is 14.3 Å². The van der Waals surface area contributed by atoms with Crippen LogP contribution in [0.15, 0.2) is 18.2 Å². The summed E-state index contributed by atoms with van der Waals surface area (Å²) in [7, 11) is 0. The molecule has 0 spiro atoms. The minimum absolute atomic E-state index is 0.0996. The highest BCUT2D eigenvalue weighted by Gasteiger charge is 2.23. The van der Waals surface area contributed by atoms with E-state index in [-0.39, 0.29) is 12.0 Å². The number of epoxide rings is 1. The molecular formula is C13H15NO5. The van der Waals surface area contributed by atoms with Crippen molar-refractivity contribution in [2.24, 2.45) is 0 Å². The van der Waals surface area contributed by atoms with Crippen molar-refractivity contribution >= 4 is 17.6 Å². The smallest absolute Gasteiger partial charge is 0.308 e. The zero-order valence-electron chi connectivity index (χ0n) is 10.8. The van der Waals surface area contributed by atoms with E-state index < -0.39 is 5.97 Å². The monoisotopic (exact) mass is 265 g/mol. The van der Waals surface area contributed by atoms with Crippen molar-refractivity contribution in [2.45, 2.75) is 20.0 Å². The molecule has 1 heterocycles. The number of amides is 1. The average Bonchev–Trinajstić information content (AvgIpc) is 3.11. The van der Waals surface area contributed by atoms with Crippen molar-refractivity contribution < 1.29 is 23.8 Å². The van der Waals surface area contributed by atoms with Crippen LogP contribution >= 0.6 is 0 Å². The third-order valence-corrected chi connectivity index (χ3v) is 2.35. The van der Waals surface area contributed by atoms with Crippen molar-refractivity contribution in [3.8, 4) is 11.5 Å². The number of hydrogen-bond donors (Lipinski definition) is 1. The normalized spacial score (nSPS) is 16.6. The molecule has 1 atom stereocenters. The number of esters is 1. The minimum atomic E-state index is -0.413. The van der Waals surface area contributed by atoms with Gasteiger partial charge in [0.05, 0.1) is 12.3 Å². The van der Waals surface area contributed by atoms with Gasteiger partial charge >= 0.3 is 5.97 Å². The maximum absolute atomic E-state index is 11.1. The number of benzene rings is 1. The van der Waals surface area contributed by atoms with Gasteiger partial charge in [0.1, 0.15) is 24.2 Å². The molecule has 1 aliphatic rings. The molecule has 1 aromatic carbocycles. The second kappa shape index (κ2) is 5.71. The highest BCUT2D eigenvalue weighted by atomic mass is 16.6. The molecule has 1 N–H and O–H groups in total. The zero-order chi connectivity index (χ0) is 13.8. The Balaban J connectivity index is 2.14. The predicted molar refractivity (Wildman–Crippen MR) is 67.3 cm³/mol. The van der Waals surface area contributed by atoms with Crippen LogP contribution in [0.2, 0.25) is 0 Å². The third kappa shape index (κ3) is 4.26. The quantitative estimate of drug-likeness (QED) is 0.494. The molecule has 102 valence electrons. The van der Waals surface area contributed by atoms with Crippen LogP contribution in [0.1, 0.15) is 13.8 Å². The molecule has 0 aromatic heterocycles. The molecule has 1 aromatic rings. The fraction of sp³-hybridized carbons (Fsp3) is 0.385. The molecule has 0 saturated carbocycles. The van der Waals surface area contributed by atoms with E-state index in [1.165, 1.54) is 13.8 Å². The van der Waals surface area contributed by atoms with Gasteiger partial charge in [0.25, 0.3) is 0 Å². The van der Waals surface area contributed by atoms with E-state index in [0.29, 0.717) is 30.4 Å². The Labute approximate surface area is 110 Å². The van der Waals surface area contributed by atoms with Gasteiger partial charge in [-0.2, -0.15) is 0 Å². The van der Waals surface area contributed by atoms with Gasteiger partial charge in [-0.05, 0) is 12.1 Å². The van der Waals surface area contributed by atoms with E-state index in [2.05, 4.69) is 5.32 Å². The van der Waals surface area contributed by atoms with Crippen LogP contribution in [0, 0.1) is 0 Å². The molecule has 1 fully saturated rings. The lowest BCUT2D eigenvalue weighted by Crippen LogP contribution is -2.11. The first-order valence-electron chi connectivity index (χ1n) is 5.89. The number of carbonyl (C=O) groups is 2. The molecule has 1 aliphatic heterocycles. The van der Waals surface area contributed by atoms with Crippen LogP contribution in [0.3, 0.4) is 0 Å². The molecule has 0 radical (unpaired) electrons. The number of ether oxygens (including phenoxy) is 3. The summed E-state index contributed by atoms with van der Waals surface area (Å²) in [5.74, 6) is 0.203. The Bertz CT molecular complexity index is 496. The Kier molecular flexibility index (Phi) is 4.01. The van der Waals surface area contributed by atoms with Crippen LogP contribution in [-0.4, -0.2) is 31.2 Å². The maximum Gasteiger partial charge on any atom is 0.308 e. The summed E-state index contributed by atoms with van der Waals surface area (Å²) in [4.78, 5) is 22.0. The van der Waals surface area contributed by atoms with E-state index >= 15 is 0 Å². The lowest BCUT2D eigenvalue weighted by molar-refractivity contribution is -0.131. The van der Waals surface area contributed by atoms with E-state index in [1.54, 1.807) is 18.2 Å². The van der Waals surface area contributed by atoms with Gasteiger partial charge < -0.3 is 19.5 Å². The lowest BCUT2D eigenvalue weighted by atomic mass is 10.2. The van der Waals surface area contributed by atoms with Gasteiger partial charge in [-0.15, -0.1) is 0 Å². The van der Waals surface area contributed by atoms with Crippen molar-refractivity contribution in [2.75, 3.05) is 18.5 Å². The summed E-state index contributed by atoms with van der Waals surface area (Å²) in [6.07, 6.45) is 0.0996. The van der Waals surface area contributed by atoms with Crippen molar-refractivity contribution in [3.05, 3.63) is 18.2 Å². The Morgan fingerprint density at radius 3 is 2.74 bits per heavy atom. The zero-order valence-corrected chi connectivity index (χ0v) is 10.8. The van der Waals surface area contributed by atoms with Gasteiger partial charge in [0.2, 0.25) is 5.91 Å². The number of nitrogens with one attached hydrogen (secondary N) is 1. The van der Waals surface area contributed by atoms with Gasteiger partial charge in [-0.25, -0.2) is 0 Å². The summed E-state index contributed by atoms with van der Waals surface area (Å²) in [6.45, 7) is 3.81. The molecule has 1 saturated heterocycles. The topological polar surface area (TPSA) is 77.2 Å². The van der Waals surface area contributed by atoms with Gasteiger partial charge in [0, 0.05) is 19.9 Å². The fourth-order valence-electron chi connectivity index (χ4n) is 1.49. The molecule has 1 amide bonds. The van der Waals surface area contributed by atoms with Crippen LogP contribution in [0.25, 0.3) is 0 Å². The Hall–Kier alpha value is -2.08. The maximum atomic E-state index is 11.1. The molecule has 6 nitrogen and oxygen atoms in total. The second-order valence-corrected chi connectivity index (χ2v) is 4.20. The Morgan fingerprint density at radius 1 is 1.42 bits per heavy atom. The van der Waals surface area contributed by atoms with Crippen molar-refractivity contribution in [1.82, 2.24) is 0 Å². The number of hydrogen-bond acceptors (Lipinski definition) is 5. The second-order valence-electron chi connectivity index (χ2n) is 4.20. The lowest BCUT2D eigenvalue weighted by Gasteiger charge is -2.12. The van der Waals surface area contributed by atoms with E-state index in [4.69, 9.17) is 14.2 Å². The first kappa shape index (κ1) is 13.4. The highest BCUT2D eigenvalue weighted by molar-refractivity contribution is 5.90. The predicted octanol–water partition coefficient (Wildman–Crippen LogP) is 1.35. The van der Waals surface area contributed by atoms with Gasteiger partial charge in [0.15, 0.2) is 0 Å². The Morgan fingerprint density at radius 2 is 2.16 bits per heavy atom. The molecular weight excluding hydrogens is 250 g/mol. The van der Waals surface area contributed by atoms with Gasteiger partial charge in [-0.1, -0.05) is 0 Å². The van der Waals surface area contributed by atoms with Gasteiger partial charge in [-0.3, -0.25) is 9.59 Å². The largest absolute Gasteiger partial charge is 0.488 e. The summed E-state index contributed by atoms with van der Waals surface area (Å²) < 4.78 is 15.6. The summed E-state index contributed by atoms with van der Waals surface area (Å²) in [5, 5.41) is 2.65. The van der Waals surface area contributed by atoms with Crippen LogP contribution < -0.4 is 14.8 Å².